The third kappa shape index (κ3) is 2.31. The molecule has 0 radical (unpaired) electrons. The van der Waals surface area contributed by atoms with Crippen molar-refractivity contribution in [2.24, 2.45) is 0 Å². The lowest BCUT2D eigenvalue weighted by atomic mass is 9.75. The molecule has 0 fully saturated rings. The average Bonchev–Trinajstić information content (AvgIpc) is 2.47. The molecule has 4 heteroatoms. The predicted molar refractivity (Wildman–Crippen MR) is 82.4 cm³/mol. The summed E-state index contributed by atoms with van der Waals surface area (Å²) in [5.41, 5.74) is 2.64. The number of anilines is 1. The molecule has 0 saturated heterocycles. The number of benzene rings is 1. The fraction of sp³-hybridized carbons (Fsp3) is 0.353. The molecule has 21 heavy (non-hydrogen) atoms. The number of nitrogens with zero attached hydrogens (tertiary/aromatic N) is 3. The smallest absolute Gasteiger partial charge is 0.278 e. The summed E-state index contributed by atoms with van der Waals surface area (Å²) in [6, 6.07) is 8.26. The lowest BCUT2D eigenvalue weighted by Crippen LogP contribution is -2.47. The lowest BCUT2D eigenvalue weighted by Gasteiger charge is -2.43. The monoisotopic (exact) mass is 281 g/mol. The van der Waals surface area contributed by atoms with Gasteiger partial charge >= 0.3 is 0 Å². The molecule has 1 unspecified atom stereocenters. The predicted octanol–water partition coefficient (Wildman–Crippen LogP) is 3.19. The fourth-order valence-corrected chi connectivity index (χ4v) is 3.28. The summed E-state index contributed by atoms with van der Waals surface area (Å²) in [6.45, 7) is 6.55. The van der Waals surface area contributed by atoms with Crippen molar-refractivity contribution in [1.82, 2.24) is 9.97 Å². The zero-order chi connectivity index (χ0) is 15.0. The van der Waals surface area contributed by atoms with E-state index in [0.717, 1.165) is 12.1 Å². The minimum atomic E-state index is -0.0847. The molecule has 0 aliphatic carbocycles. The van der Waals surface area contributed by atoms with Gasteiger partial charge in [-0.2, -0.15) is 0 Å². The van der Waals surface area contributed by atoms with E-state index in [1.165, 1.54) is 11.8 Å². The number of hydrogen-bond acceptors (Lipinski definition) is 3. The second-order valence-electron chi connectivity index (χ2n) is 6.22. The zero-order valence-electron chi connectivity index (χ0n) is 12.6. The highest BCUT2D eigenvalue weighted by Crippen LogP contribution is 2.42. The molecule has 4 nitrogen and oxygen atoms in total. The standard InChI is InChI=1S/C17H19N3O/c1-12-10-17(2,3)13-6-4-5-7-15(13)20(12)16(21)14-11-18-8-9-19-14/h4-9,11-12H,10H2,1-3H3. The topological polar surface area (TPSA) is 46.1 Å². The van der Waals surface area contributed by atoms with Crippen molar-refractivity contribution in [2.75, 3.05) is 4.90 Å². The van der Waals surface area contributed by atoms with Crippen molar-refractivity contribution in [1.29, 1.82) is 0 Å². The van der Waals surface area contributed by atoms with E-state index in [-0.39, 0.29) is 17.4 Å². The summed E-state index contributed by atoms with van der Waals surface area (Å²) in [6.07, 6.45) is 5.58. The maximum atomic E-state index is 12.8. The fourth-order valence-electron chi connectivity index (χ4n) is 3.28. The molecule has 0 N–H and O–H groups in total. The molecule has 0 spiro atoms. The highest BCUT2D eigenvalue weighted by Gasteiger charge is 2.38. The van der Waals surface area contributed by atoms with Gasteiger partial charge in [0, 0.05) is 24.1 Å². The molecule has 1 aromatic heterocycles. The summed E-state index contributed by atoms with van der Waals surface area (Å²) in [5, 5.41) is 0. The molecule has 1 aliphatic heterocycles. The van der Waals surface area contributed by atoms with E-state index < -0.39 is 0 Å². The van der Waals surface area contributed by atoms with Crippen LogP contribution in [0.4, 0.5) is 5.69 Å². The third-order valence-electron chi connectivity index (χ3n) is 4.14. The van der Waals surface area contributed by atoms with Crippen molar-refractivity contribution in [3.8, 4) is 0 Å². The Labute approximate surface area is 124 Å². The molecular weight excluding hydrogens is 262 g/mol. The van der Waals surface area contributed by atoms with Crippen LogP contribution in [-0.2, 0) is 5.41 Å². The van der Waals surface area contributed by atoms with Crippen molar-refractivity contribution in [3.05, 3.63) is 54.1 Å². The van der Waals surface area contributed by atoms with Crippen LogP contribution in [0, 0.1) is 0 Å². The summed E-state index contributed by atoms with van der Waals surface area (Å²) in [4.78, 5) is 22.8. The van der Waals surface area contributed by atoms with Crippen LogP contribution < -0.4 is 4.90 Å². The molecule has 1 aliphatic rings. The van der Waals surface area contributed by atoms with Crippen LogP contribution in [0.3, 0.4) is 0 Å². The van der Waals surface area contributed by atoms with E-state index in [0.29, 0.717) is 5.69 Å². The Morgan fingerprint density at radius 3 is 2.76 bits per heavy atom. The maximum Gasteiger partial charge on any atom is 0.278 e. The van der Waals surface area contributed by atoms with E-state index in [4.69, 9.17) is 0 Å². The van der Waals surface area contributed by atoms with E-state index in [1.807, 2.05) is 23.1 Å². The Balaban J connectivity index is 2.09. The molecule has 3 rings (SSSR count). The Hall–Kier alpha value is -2.23. The minimum Gasteiger partial charge on any atom is -0.304 e. The van der Waals surface area contributed by atoms with Gasteiger partial charge in [0.05, 0.1) is 6.20 Å². The van der Waals surface area contributed by atoms with Crippen LogP contribution in [0.1, 0.15) is 43.2 Å². The van der Waals surface area contributed by atoms with E-state index in [9.17, 15) is 4.79 Å². The summed E-state index contributed by atoms with van der Waals surface area (Å²) in [5.74, 6) is -0.0847. The minimum absolute atomic E-state index is 0.0646. The van der Waals surface area contributed by atoms with Gasteiger partial charge in [0.15, 0.2) is 0 Å². The van der Waals surface area contributed by atoms with Gasteiger partial charge in [-0.05, 0) is 30.4 Å². The van der Waals surface area contributed by atoms with Gasteiger partial charge < -0.3 is 4.90 Å². The second kappa shape index (κ2) is 4.95. The van der Waals surface area contributed by atoms with Gasteiger partial charge in [0.2, 0.25) is 0 Å². The number of fused-ring (bicyclic) bond motifs is 1. The quantitative estimate of drug-likeness (QED) is 0.806. The van der Waals surface area contributed by atoms with Crippen LogP contribution in [0.2, 0.25) is 0 Å². The highest BCUT2D eigenvalue weighted by molar-refractivity contribution is 6.05. The van der Waals surface area contributed by atoms with Crippen molar-refractivity contribution in [2.45, 2.75) is 38.6 Å². The van der Waals surface area contributed by atoms with Gasteiger partial charge in [0.1, 0.15) is 5.69 Å². The highest BCUT2D eigenvalue weighted by atomic mass is 16.2. The largest absolute Gasteiger partial charge is 0.304 e. The average molecular weight is 281 g/mol. The van der Waals surface area contributed by atoms with E-state index in [1.54, 1.807) is 12.4 Å². The number of hydrogen-bond donors (Lipinski definition) is 0. The number of carbonyl (C=O) groups excluding carboxylic acids is 1. The molecule has 108 valence electrons. The molecule has 0 bridgehead atoms. The molecule has 1 aromatic carbocycles. The van der Waals surface area contributed by atoms with Gasteiger partial charge in [-0.1, -0.05) is 32.0 Å². The first-order valence-electron chi connectivity index (χ1n) is 7.20. The number of rotatable bonds is 1. The van der Waals surface area contributed by atoms with Crippen molar-refractivity contribution < 1.29 is 4.79 Å². The van der Waals surface area contributed by atoms with Gasteiger partial charge in [-0.25, -0.2) is 4.98 Å². The van der Waals surface area contributed by atoms with Gasteiger partial charge in [0.25, 0.3) is 5.91 Å². The number of amides is 1. The molecule has 0 saturated carbocycles. The number of carbonyl (C=O) groups is 1. The molecule has 1 amide bonds. The third-order valence-corrected chi connectivity index (χ3v) is 4.14. The van der Waals surface area contributed by atoms with Crippen LogP contribution in [0.15, 0.2) is 42.9 Å². The molecule has 1 atom stereocenters. The van der Waals surface area contributed by atoms with Crippen molar-refractivity contribution >= 4 is 11.6 Å². The molecule has 2 aromatic rings. The number of aromatic nitrogens is 2. The summed E-state index contributed by atoms with van der Waals surface area (Å²) >= 11 is 0. The first-order chi connectivity index (χ1) is 10.0. The first kappa shape index (κ1) is 13.7. The van der Waals surface area contributed by atoms with Crippen LogP contribution in [0.5, 0.6) is 0 Å². The zero-order valence-corrected chi connectivity index (χ0v) is 12.6. The lowest BCUT2D eigenvalue weighted by molar-refractivity contribution is 0.0965. The SMILES string of the molecule is CC1CC(C)(C)c2ccccc2N1C(=O)c1cnccn1. The van der Waals surface area contributed by atoms with E-state index in [2.05, 4.69) is 36.8 Å². The van der Waals surface area contributed by atoms with E-state index >= 15 is 0 Å². The first-order valence-corrected chi connectivity index (χ1v) is 7.20. The normalized spacial score (nSPS) is 20.0. The van der Waals surface area contributed by atoms with Gasteiger partial charge in [-0.15, -0.1) is 0 Å². The summed E-state index contributed by atoms with van der Waals surface area (Å²) in [7, 11) is 0. The van der Waals surface area contributed by atoms with Crippen molar-refractivity contribution in [3.63, 3.8) is 0 Å². The summed E-state index contributed by atoms with van der Waals surface area (Å²) < 4.78 is 0. The van der Waals surface area contributed by atoms with Crippen LogP contribution in [-0.4, -0.2) is 21.9 Å². The second-order valence-corrected chi connectivity index (χ2v) is 6.22. The Bertz CT molecular complexity index is 667. The Morgan fingerprint density at radius 2 is 2.05 bits per heavy atom. The Morgan fingerprint density at radius 1 is 1.29 bits per heavy atom. The van der Waals surface area contributed by atoms with Gasteiger partial charge in [-0.3, -0.25) is 9.78 Å². The van der Waals surface area contributed by atoms with Crippen LogP contribution in [0.25, 0.3) is 0 Å². The molecule has 2 heterocycles. The Kier molecular flexibility index (Phi) is 3.24. The maximum absolute atomic E-state index is 12.8. The molecular formula is C17H19N3O. The van der Waals surface area contributed by atoms with Crippen LogP contribution >= 0.6 is 0 Å². The number of para-hydroxylation sites is 1.